The van der Waals surface area contributed by atoms with Gasteiger partial charge in [0.2, 0.25) is 0 Å². The van der Waals surface area contributed by atoms with Crippen molar-refractivity contribution in [3.8, 4) is 11.1 Å². The van der Waals surface area contributed by atoms with Gasteiger partial charge in [0.05, 0.1) is 0 Å². The van der Waals surface area contributed by atoms with Gasteiger partial charge in [-0.1, -0.05) is 0 Å². The predicted octanol–water partition coefficient (Wildman–Crippen LogP) is 6.27. The number of hydrogen-bond acceptors (Lipinski definition) is 1. The molecule has 114 valence electrons. The van der Waals surface area contributed by atoms with Crippen LogP contribution in [0.15, 0.2) is 66.0 Å². The molecule has 0 saturated heterocycles. The fraction of sp³-hybridized carbons (Fsp3) is 0.143. The standard InChI is InChI=1S/C18H11S.3CH3.Sn/c1-2-4-13(5-3-1)14-6-7-15-12-18-16(8-9-19-18)11-17(15)10-14;;;;/h1-4,6-12H;3*1H3;. The molecule has 0 nitrogen and oxygen atoms in total. The first-order chi connectivity index (χ1) is 11.0. The van der Waals surface area contributed by atoms with Gasteiger partial charge in [-0.3, -0.25) is 0 Å². The molecule has 0 saturated carbocycles. The van der Waals surface area contributed by atoms with Crippen molar-refractivity contribution in [2.45, 2.75) is 14.8 Å². The van der Waals surface area contributed by atoms with E-state index < -0.39 is 18.4 Å². The molecule has 0 atom stereocenters. The fourth-order valence-corrected chi connectivity index (χ4v) is 8.74. The Kier molecular flexibility index (Phi) is 3.73. The molecular weight excluding hydrogens is 403 g/mol. The molecule has 0 spiro atoms. The molecule has 0 aliphatic heterocycles. The molecular formula is C21H20SSn. The Balaban J connectivity index is 1.94. The van der Waals surface area contributed by atoms with Crippen molar-refractivity contribution in [1.29, 1.82) is 0 Å². The van der Waals surface area contributed by atoms with E-state index in [0.717, 1.165) is 0 Å². The average molecular weight is 423 g/mol. The van der Waals surface area contributed by atoms with Gasteiger partial charge in [-0.15, -0.1) is 0 Å². The second kappa shape index (κ2) is 5.64. The SMILES string of the molecule is [CH3][Sn]([CH3])([CH3])[c]1ccccc1-c1ccc2cc3sccc3cc2c1. The quantitative estimate of drug-likeness (QED) is 0.334. The molecule has 0 unspecified atom stereocenters. The molecule has 0 aliphatic carbocycles. The minimum absolute atomic E-state index is 1.33. The fourth-order valence-electron chi connectivity index (χ4n) is 3.26. The summed E-state index contributed by atoms with van der Waals surface area (Å²) in [6.45, 7) is 0. The molecule has 0 bridgehead atoms. The third-order valence-electron chi connectivity index (χ3n) is 4.46. The van der Waals surface area contributed by atoms with Crippen LogP contribution in [0.2, 0.25) is 14.8 Å². The first-order valence-corrected chi connectivity index (χ1v) is 18.9. The summed E-state index contributed by atoms with van der Waals surface area (Å²) in [5.74, 6) is 0. The van der Waals surface area contributed by atoms with Crippen molar-refractivity contribution in [1.82, 2.24) is 0 Å². The molecule has 0 fully saturated rings. The maximum absolute atomic E-state index is 2.49. The van der Waals surface area contributed by atoms with E-state index in [2.05, 4.69) is 80.9 Å². The van der Waals surface area contributed by atoms with Crippen LogP contribution in [-0.4, -0.2) is 18.4 Å². The monoisotopic (exact) mass is 424 g/mol. The molecule has 2 heteroatoms. The van der Waals surface area contributed by atoms with Crippen LogP contribution < -0.4 is 3.58 Å². The summed E-state index contributed by atoms with van der Waals surface area (Å²) >= 11 is -0.311. The van der Waals surface area contributed by atoms with Gasteiger partial charge >= 0.3 is 146 Å². The van der Waals surface area contributed by atoms with E-state index in [9.17, 15) is 0 Å². The van der Waals surface area contributed by atoms with Crippen LogP contribution in [0, 0.1) is 0 Å². The molecule has 0 aliphatic rings. The van der Waals surface area contributed by atoms with Crippen molar-refractivity contribution in [3.05, 3.63) is 66.0 Å². The summed E-state index contributed by atoms with van der Waals surface area (Å²) < 4.78 is 2.98. The van der Waals surface area contributed by atoms with Gasteiger partial charge in [-0.25, -0.2) is 0 Å². The zero-order valence-corrected chi connectivity index (χ0v) is 17.4. The normalized spacial score (nSPS) is 12.1. The first-order valence-electron chi connectivity index (χ1n) is 8.03. The Labute approximate surface area is 145 Å². The minimum atomic E-state index is -2.13. The Morgan fingerprint density at radius 1 is 0.739 bits per heavy atom. The molecule has 4 aromatic rings. The van der Waals surface area contributed by atoms with E-state index in [1.807, 2.05) is 11.3 Å². The van der Waals surface area contributed by atoms with Gasteiger partial charge in [0, 0.05) is 0 Å². The van der Waals surface area contributed by atoms with Crippen LogP contribution in [0.1, 0.15) is 0 Å². The number of hydrogen-bond donors (Lipinski definition) is 0. The second-order valence-corrected chi connectivity index (χ2v) is 22.5. The maximum atomic E-state index is 2.49. The van der Waals surface area contributed by atoms with Gasteiger partial charge in [0.1, 0.15) is 0 Å². The summed E-state index contributed by atoms with van der Waals surface area (Å²) in [6, 6.07) is 22.8. The summed E-state index contributed by atoms with van der Waals surface area (Å²) in [7, 11) is 0. The topological polar surface area (TPSA) is 0 Å². The molecule has 1 heterocycles. The number of thiophene rings is 1. The van der Waals surface area contributed by atoms with Crippen LogP contribution >= 0.6 is 11.3 Å². The van der Waals surface area contributed by atoms with Gasteiger partial charge in [0.25, 0.3) is 0 Å². The van der Waals surface area contributed by atoms with Crippen molar-refractivity contribution >= 4 is 54.2 Å². The second-order valence-electron chi connectivity index (χ2n) is 7.17. The van der Waals surface area contributed by atoms with E-state index >= 15 is 0 Å². The molecule has 4 rings (SSSR count). The summed E-state index contributed by atoms with van der Waals surface area (Å²) in [4.78, 5) is 7.47. The Morgan fingerprint density at radius 2 is 1.57 bits per heavy atom. The average Bonchev–Trinajstić information content (AvgIpc) is 2.98. The zero-order chi connectivity index (χ0) is 16.0. The Morgan fingerprint density at radius 3 is 2.39 bits per heavy atom. The van der Waals surface area contributed by atoms with E-state index in [0.29, 0.717) is 0 Å². The van der Waals surface area contributed by atoms with Gasteiger partial charge < -0.3 is 0 Å². The first kappa shape index (κ1) is 15.2. The van der Waals surface area contributed by atoms with E-state index in [1.165, 1.54) is 32.0 Å². The molecule has 23 heavy (non-hydrogen) atoms. The molecule has 3 aromatic carbocycles. The van der Waals surface area contributed by atoms with E-state index in [-0.39, 0.29) is 0 Å². The van der Waals surface area contributed by atoms with Crippen LogP contribution in [-0.2, 0) is 0 Å². The predicted molar refractivity (Wildman–Crippen MR) is 108 cm³/mol. The molecule has 1 aromatic heterocycles. The molecule has 0 N–H and O–H groups in total. The van der Waals surface area contributed by atoms with Crippen molar-refractivity contribution < 1.29 is 0 Å². The third kappa shape index (κ3) is 2.81. The Bertz CT molecular complexity index is 1010. The van der Waals surface area contributed by atoms with Crippen LogP contribution in [0.4, 0.5) is 0 Å². The van der Waals surface area contributed by atoms with Gasteiger partial charge in [-0.2, -0.15) is 0 Å². The summed E-state index contributed by atoms with van der Waals surface area (Å²) in [5, 5.41) is 6.20. The van der Waals surface area contributed by atoms with Crippen molar-refractivity contribution in [2.75, 3.05) is 0 Å². The number of benzene rings is 3. The Hall–Kier alpha value is -1.32. The summed E-state index contributed by atoms with van der Waals surface area (Å²) in [5.41, 5.74) is 2.79. The zero-order valence-electron chi connectivity index (χ0n) is 13.8. The van der Waals surface area contributed by atoms with Crippen molar-refractivity contribution in [2.24, 2.45) is 0 Å². The van der Waals surface area contributed by atoms with Crippen molar-refractivity contribution in [3.63, 3.8) is 0 Å². The van der Waals surface area contributed by atoms with E-state index in [1.54, 1.807) is 3.58 Å². The van der Waals surface area contributed by atoms with E-state index in [4.69, 9.17) is 0 Å². The van der Waals surface area contributed by atoms with Crippen LogP contribution in [0.3, 0.4) is 0 Å². The number of fused-ring (bicyclic) bond motifs is 2. The van der Waals surface area contributed by atoms with Crippen LogP contribution in [0.5, 0.6) is 0 Å². The number of rotatable bonds is 2. The van der Waals surface area contributed by atoms with Gasteiger partial charge in [0.15, 0.2) is 0 Å². The molecule has 0 radical (unpaired) electrons. The van der Waals surface area contributed by atoms with Crippen LogP contribution in [0.25, 0.3) is 32.0 Å². The van der Waals surface area contributed by atoms with Gasteiger partial charge in [-0.05, 0) is 0 Å². The molecule has 0 amide bonds. The third-order valence-corrected chi connectivity index (χ3v) is 11.2. The summed E-state index contributed by atoms with van der Waals surface area (Å²) in [6.07, 6.45) is 0.